The first kappa shape index (κ1) is 30.9. The fourth-order valence-corrected chi connectivity index (χ4v) is 4.30. The van der Waals surface area contributed by atoms with Gasteiger partial charge in [0.1, 0.15) is 5.75 Å². The normalized spacial score (nSPS) is 11.3. The lowest BCUT2D eigenvalue weighted by Crippen LogP contribution is -2.42. The Kier molecular flexibility index (Phi) is 16.0. The molecule has 0 spiro atoms. The van der Waals surface area contributed by atoms with Crippen LogP contribution in [-0.2, 0) is 14.3 Å². The maximum absolute atomic E-state index is 12.9. The molecule has 1 aromatic rings. The molecule has 35 heavy (non-hydrogen) atoms. The van der Waals surface area contributed by atoms with Crippen molar-refractivity contribution in [2.75, 3.05) is 6.61 Å². The molecule has 0 N–H and O–H groups in total. The molecule has 0 saturated heterocycles. The Balaban J connectivity index is 2.28. The molecule has 0 aromatic heterocycles. The van der Waals surface area contributed by atoms with E-state index in [9.17, 15) is 14.4 Å². The first-order chi connectivity index (χ1) is 16.9. The maximum Gasteiger partial charge on any atom is 0.328 e. The smallest absolute Gasteiger partial charge is 0.328 e. The van der Waals surface area contributed by atoms with Gasteiger partial charge in [0.15, 0.2) is 11.2 Å². The molecule has 0 aliphatic carbocycles. The molecule has 0 radical (unpaired) electrons. The van der Waals surface area contributed by atoms with E-state index < -0.39 is 17.4 Å². The van der Waals surface area contributed by atoms with Crippen LogP contribution < -0.4 is 4.74 Å². The van der Waals surface area contributed by atoms with Gasteiger partial charge in [0.25, 0.3) is 0 Å². The van der Waals surface area contributed by atoms with Gasteiger partial charge in [-0.15, -0.1) is 0 Å². The van der Waals surface area contributed by atoms with Crippen molar-refractivity contribution in [2.45, 2.75) is 124 Å². The number of benzene rings is 1. The number of ketones is 1. The highest BCUT2D eigenvalue weighted by molar-refractivity contribution is 6.01. The van der Waals surface area contributed by atoms with Crippen molar-refractivity contribution in [1.29, 1.82) is 0 Å². The highest BCUT2D eigenvalue weighted by Gasteiger charge is 2.46. The summed E-state index contributed by atoms with van der Waals surface area (Å²) in [6.45, 7) is 7.67. The average molecular weight is 489 g/mol. The van der Waals surface area contributed by atoms with Crippen molar-refractivity contribution in [3.63, 3.8) is 0 Å². The second-order valence-electron chi connectivity index (χ2n) is 9.64. The van der Waals surface area contributed by atoms with Crippen molar-refractivity contribution >= 4 is 17.7 Å². The molecule has 0 bridgehead atoms. The lowest BCUT2D eigenvalue weighted by atomic mass is 9.82. The fourth-order valence-electron chi connectivity index (χ4n) is 4.30. The van der Waals surface area contributed by atoms with Crippen LogP contribution in [-0.4, -0.2) is 24.3 Å². The first-order valence-electron chi connectivity index (χ1n) is 13.9. The minimum Gasteiger partial charge on any atom is -0.465 e. The van der Waals surface area contributed by atoms with Gasteiger partial charge in [-0.1, -0.05) is 97.8 Å². The molecule has 0 atom stereocenters. The van der Waals surface area contributed by atoms with Crippen LogP contribution in [0.3, 0.4) is 0 Å². The van der Waals surface area contributed by atoms with E-state index in [0.717, 1.165) is 19.3 Å². The first-order valence-corrected chi connectivity index (χ1v) is 13.9. The average Bonchev–Trinajstić information content (AvgIpc) is 2.85. The predicted molar refractivity (Wildman–Crippen MR) is 142 cm³/mol. The van der Waals surface area contributed by atoms with Crippen LogP contribution in [0.15, 0.2) is 24.3 Å². The quantitative estimate of drug-likeness (QED) is 0.0607. The summed E-state index contributed by atoms with van der Waals surface area (Å²) >= 11 is 0. The lowest BCUT2D eigenvalue weighted by molar-refractivity contribution is -0.168. The van der Waals surface area contributed by atoms with E-state index in [2.05, 4.69) is 6.92 Å². The van der Waals surface area contributed by atoms with E-state index in [1.54, 1.807) is 38.1 Å². The van der Waals surface area contributed by atoms with E-state index in [-0.39, 0.29) is 5.78 Å². The molecule has 5 nitrogen and oxygen atoms in total. The number of esters is 2. The number of hydrogen-bond acceptors (Lipinski definition) is 5. The second kappa shape index (κ2) is 18.1. The van der Waals surface area contributed by atoms with Gasteiger partial charge in [-0.3, -0.25) is 14.4 Å². The van der Waals surface area contributed by atoms with Crippen LogP contribution in [0.5, 0.6) is 5.75 Å². The zero-order valence-electron chi connectivity index (χ0n) is 22.7. The highest BCUT2D eigenvalue weighted by atomic mass is 16.6. The number of Topliss-reactive ketones (excluding diaryl/α,β-unsaturated/α-hetero) is 1. The summed E-state index contributed by atoms with van der Waals surface area (Å²) in [6.07, 6.45) is 17.0. The fraction of sp³-hybridized carbons (Fsp3) is 0.700. The van der Waals surface area contributed by atoms with Gasteiger partial charge in [-0.05, 0) is 50.5 Å². The van der Waals surface area contributed by atoms with Gasteiger partial charge >= 0.3 is 11.9 Å². The zero-order chi connectivity index (χ0) is 25.9. The third-order valence-corrected chi connectivity index (χ3v) is 6.94. The van der Waals surface area contributed by atoms with E-state index >= 15 is 0 Å². The molecule has 0 aliphatic rings. The molecular formula is C30H48O5. The molecular weight excluding hydrogens is 440 g/mol. The lowest BCUT2D eigenvalue weighted by Gasteiger charge is -2.26. The minimum absolute atomic E-state index is 0.0592. The van der Waals surface area contributed by atoms with Crippen LogP contribution in [0.25, 0.3) is 0 Å². The second-order valence-corrected chi connectivity index (χ2v) is 9.64. The van der Waals surface area contributed by atoms with E-state index in [1.165, 1.54) is 71.1 Å². The van der Waals surface area contributed by atoms with Gasteiger partial charge in [0, 0.05) is 5.56 Å². The molecule has 1 rings (SSSR count). The Morgan fingerprint density at radius 1 is 0.657 bits per heavy atom. The summed E-state index contributed by atoms with van der Waals surface area (Å²) in [7, 11) is 0. The molecule has 1 aromatic carbocycles. The van der Waals surface area contributed by atoms with Gasteiger partial charge in [0.2, 0.25) is 0 Å². The Morgan fingerprint density at radius 3 is 1.54 bits per heavy atom. The number of carbonyl (C=O) groups excluding carboxylic acids is 3. The molecule has 0 aliphatic heterocycles. The molecule has 0 unspecified atom stereocenters. The Morgan fingerprint density at radius 2 is 1.11 bits per heavy atom. The highest BCUT2D eigenvalue weighted by Crippen LogP contribution is 2.31. The topological polar surface area (TPSA) is 69.7 Å². The molecule has 0 heterocycles. The summed E-state index contributed by atoms with van der Waals surface area (Å²) in [4.78, 5) is 37.2. The van der Waals surface area contributed by atoms with Gasteiger partial charge < -0.3 is 9.47 Å². The largest absolute Gasteiger partial charge is 0.465 e. The summed E-state index contributed by atoms with van der Waals surface area (Å²) in [5, 5.41) is 0. The maximum atomic E-state index is 12.9. The number of carbonyl (C=O) groups is 3. The van der Waals surface area contributed by atoms with Gasteiger partial charge in [-0.2, -0.15) is 0 Å². The molecule has 0 saturated carbocycles. The molecule has 198 valence electrons. The summed E-state index contributed by atoms with van der Waals surface area (Å²) in [5.41, 5.74) is -0.769. The van der Waals surface area contributed by atoms with Crippen molar-refractivity contribution in [3.8, 4) is 5.75 Å². The van der Waals surface area contributed by atoms with Gasteiger partial charge in [-0.25, -0.2) is 0 Å². The standard InChI is InChI=1S/C30H48O5/c1-5-8-9-10-11-12-13-14-15-16-17-18-19-24-34-28(32)30(6-2,7-3)29(33)35-27-22-20-26(21-23-27)25(4)31/h20-23H,5-19,24H2,1-4H3. The third kappa shape index (κ3) is 11.4. The van der Waals surface area contributed by atoms with Crippen LogP contribution in [0.1, 0.15) is 134 Å². The number of unbranched alkanes of at least 4 members (excludes halogenated alkanes) is 12. The third-order valence-electron chi connectivity index (χ3n) is 6.94. The van der Waals surface area contributed by atoms with Crippen molar-refractivity contribution in [2.24, 2.45) is 5.41 Å². The molecule has 0 amide bonds. The van der Waals surface area contributed by atoms with E-state index in [0.29, 0.717) is 30.8 Å². The monoisotopic (exact) mass is 488 g/mol. The van der Waals surface area contributed by atoms with Crippen LogP contribution in [0.4, 0.5) is 0 Å². The Hall–Kier alpha value is -2.17. The van der Waals surface area contributed by atoms with E-state index in [4.69, 9.17) is 9.47 Å². The zero-order valence-corrected chi connectivity index (χ0v) is 22.7. The predicted octanol–water partition coefficient (Wildman–Crippen LogP) is 8.24. The number of hydrogen-bond donors (Lipinski definition) is 0. The van der Waals surface area contributed by atoms with Crippen LogP contribution in [0, 0.1) is 5.41 Å². The molecule has 0 fully saturated rings. The SMILES string of the molecule is CCCCCCCCCCCCCCCOC(=O)C(CC)(CC)C(=O)Oc1ccc(C(C)=O)cc1. The van der Waals surface area contributed by atoms with Crippen molar-refractivity contribution in [3.05, 3.63) is 29.8 Å². The number of ether oxygens (including phenoxy) is 2. The van der Waals surface area contributed by atoms with Crippen molar-refractivity contribution in [1.82, 2.24) is 0 Å². The van der Waals surface area contributed by atoms with Crippen LogP contribution >= 0.6 is 0 Å². The molecule has 5 heteroatoms. The Labute approximate surface area is 213 Å². The van der Waals surface area contributed by atoms with Crippen LogP contribution in [0.2, 0.25) is 0 Å². The van der Waals surface area contributed by atoms with E-state index in [1.807, 2.05) is 0 Å². The summed E-state index contributed by atoms with van der Waals surface area (Å²) in [6, 6.07) is 6.36. The Bertz CT molecular complexity index is 734. The number of rotatable bonds is 20. The van der Waals surface area contributed by atoms with Crippen molar-refractivity contribution < 1.29 is 23.9 Å². The minimum atomic E-state index is -1.31. The summed E-state index contributed by atoms with van der Waals surface area (Å²) in [5.74, 6) is -0.855. The summed E-state index contributed by atoms with van der Waals surface area (Å²) < 4.78 is 11.0. The van der Waals surface area contributed by atoms with Gasteiger partial charge in [0.05, 0.1) is 6.61 Å².